The van der Waals surface area contributed by atoms with Gasteiger partial charge in [-0.15, -0.1) is 0 Å². The molecule has 0 atom stereocenters. The third-order valence-corrected chi connectivity index (χ3v) is 1.23. The van der Waals surface area contributed by atoms with Crippen LogP contribution in [0.5, 0.6) is 0 Å². The van der Waals surface area contributed by atoms with Gasteiger partial charge in [-0.2, -0.15) is 0 Å². The number of nitrogens with zero attached hydrogens (tertiary/aromatic N) is 1. The van der Waals surface area contributed by atoms with Gasteiger partial charge in [0, 0.05) is 0 Å². The molecule has 1 aromatic rings. The van der Waals surface area contributed by atoms with E-state index in [1.807, 2.05) is 38.1 Å². The Morgan fingerprint density at radius 2 is 2.43 bits per heavy atom. The fourth-order valence-electron chi connectivity index (χ4n) is 0.347. The van der Waals surface area contributed by atoms with Crippen LogP contribution in [0.15, 0.2) is 24.5 Å². The Labute approximate surface area is 53.7 Å². The molecule has 0 aliphatic rings. The van der Waals surface area contributed by atoms with Crippen LogP contribution in [0.4, 0.5) is 0 Å². The Kier molecular flexibility index (Phi) is 1.58. The molecule has 1 rings (SSSR count). The van der Waals surface area contributed by atoms with Gasteiger partial charge in [0.15, 0.2) is 0 Å². The predicted molar refractivity (Wildman–Crippen MR) is 23.9 cm³/mol. The molecular weight excluding hydrogens is 170 g/mol. The van der Waals surface area contributed by atoms with Crippen molar-refractivity contribution in [2.45, 2.75) is 0 Å². The van der Waals surface area contributed by atoms with Crippen LogP contribution in [-0.2, 0) is 19.8 Å². The predicted octanol–water partition coefficient (Wildman–Crippen LogP) is 0.254. The summed E-state index contributed by atoms with van der Waals surface area (Å²) < 4.78 is 1.22. The Balaban J connectivity index is 3.02. The standard InChI is InChI=1S/C5H4N.Mo/c1-2-4-6-5-3-1;/h1-2,4-5H;. The molecule has 0 amide bonds. The van der Waals surface area contributed by atoms with E-state index in [4.69, 9.17) is 0 Å². The van der Waals surface area contributed by atoms with Crippen LogP contribution in [0.1, 0.15) is 0 Å². The Morgan fingerprint density at radius 1 is 1.57 bits per heavy atom. The second kappa shape index (κ2) is 2.22. The van der Waals surface area contributed by atoms with Gasteiger partial charge in [-0.05, 0) is 0 Å². The van der Waals surface area contributed by atoms with Crippen molar-refractivity contribution >= 4 is 3.95 Å². The van der Waals surface area contributed by atoms with Gasteiger partial charge in [0.1, 0.15) is 0 Å². The summed E-state index contributed by atoms with van der Waals surface area (Å²) in [5.41, 5.74) is 0. The molecule has 0 N–H and O–H groups in total. The van der Waals surface area contributed by atoms with E-state index in [9.17, 15) is 0 Å². The van der Waals surface area contributed by atoms with E-state index in [1.54, 1.807) is 6.20 Å². The van der Waals surface area contributed by atoms with Gasteiger partial charge in [0.2, 0.25) is 0 Å². The van der Waals surface area contributed by atoms with Crippen molar-refractivity contribution in [2.24, 2.45) is 0 Å². The van der Waals surface area contributed by atoms with Crippen LogP contribution in [0.3, 0.4) is 0 Å². The van der Waals surface area contributed by atoms with Crippen molar-refractivity contribution in [2.75, 3.05) is 0 Å². The summed E-state index contributed by atoms with van der Waals surface area (Å²) in [4.78, 5) is 3.89. The second-order valence-electron chi connectivity index (χ2n) is 1.19. The van der Waals surface area contributed by atoms with Crippen LogP contribution in [0.25, 0.3) is 0 Å². The Bertz CT molecular complexity index is 138. The topological polar surface area (TPSA) is 12.9 Å². The fourth-order valence-corrected chi connectivity index (χ4v) is 0.690. The van der Waals surface area contributed by atoms with E-state index < -0.39 is 0 Å². The molecular formula is C5H4MoN. The molecule has 0 aliphatic heterocycles. The minimum absolute atomic E-state index is 1.22. The van der Waals surface area contributed by atoms with Gasteiger partial charge in [0.25, 0.3) is 0 Å². The summed E-state index contributed by atoms with van der Waals surface area (Å²) in [7, 11) is 0. The molecule has 2 heteroatoms. The van der Waals surface area contributed by atoms with Crippen LogP contribution < -0.4 is 3.95 Å². The molecule has 7 heavy (non-hydrogen) atoms. The van der Waals surface area contributed by atoms with Crippen molar-refractivity contribution in [1.82, 2.24) is 4.98 Å². The molecule has 0 unspecified atom stereocenters. The molecule has 0 saturated carbocycles. The quantitative estimate of drug-likeness (QED) is 0.514. The normalized spacial score (nSPS) is 8.57. The molecule has 0 bridgehead atoms. The fraction of sp³-hybridized carbons (Fsp3) is 0. The number of pyridine rings is 1. The second-order valence-corrected chi connectivity index (χ2v) is 2.35. The van der Waals surface area contributed by atoms with Gasteiger partial charge < -0.3 is 0 Å². The molecule has 0 saturated heterocycles. The number of aromatic nitrogens is 1. The first-order chi connectivity index (χ1) is 3.39. The third kappa shape index (κ3) is 1.40. The molecule has 0 radical (unpaired) electrons. The monoisotopic (exact) mass is 176 g/mol. The van der Waals surface area contributed by atoms with E-state index in [0.29, 0.717) is 0 Å². The van der Waals surface area contributed by atoms with E-state index in [0.717, 1.165) is 0 Å². The summed E-state index contributed by atoms with van der Waals surface area (Å²) in [6.07, 6.45) is 3.61. The van der Waals surface area contributed by atoms with Crippen LogP contribution in [0, 0.1) is 0 Å². The third-order valence-electron chi connectivity index (χ3n) is 0.634. The first-order valence-corrected chi connectivity index (χ1v) is 2.97. The van der Waals surface area contributed by atoms with Crippen molar-refractivity contribution in [3.8, 4) is 0 Å². The van der Waals surface area contributed by atoms with Gasteiger partial charge >= 0.3 is 53.3 Å². The van der Waals surface area contributed by atoms with E-state index in [2.05, 4.69) is 4.98 Å². The average molecular weight is 174 g/mol. The van der Waals surface area contributed by atoms with Crippen molar-refractivity contribution < 1.29 is 19.8 Å². The maximum atomic E-state index is 3.89. The summed E-state index contributed by atoms with van der Waals surface area (Å²) in [6.45, 7) is 0. The molecule has 1 heterocycles. The van der Waals surface area contributed by atoms with E-state index >= 15 is 0 Å². The minimum atomic E-state index is 1.22. The van der Waals surface area contributed by atoms with Gasteiger partial charge in [-0.25, -0.2) is 0 Å². The molecule has 0 fully saturated rings. The number of rotatable bonds is 0. The summed E-state index contributed by atoms with van der Waals surface area (Å²) in [5, 5.41) is 0. The van der Waals surface area contributed by atoms with Crippen molar-refractivity contribution in [1.29, 1.82) is 0 Å². The molecule has 0 aromatic carbocycles. The first-order valence-electron chi connectivity index (χ1n) is 1.96. The Hall–Kier alpha value is -0.162. The van der Waals surface area contributed by atoms with E-state index in [-0.39, 0.29) is 0 Å². The zero-order chi connectivity index (χ0) is 5.11. The molecule has 1 aromatic heterocycles. The van der Waals surface area contributed by atoms with Gasteiger partial charge in [0.05, 0.1) is 0 Å². The summed E-state index contributed by atoms with van der Waals surface area (Å²) in [6, 6.07) is 3.95. The summed E-state index contributed by atoms with van der Waals surface area (Å²) in [5.74, 6) is 0. The van der Waals surface area contributed by atoms with Crippen LogP contribution in [-0.4, -0.2) is 4.98 Å². The number of hydrogen-bond donors (Lipinski definition) is 0. The van der Waals surface area contributed by atoms with Crippen molar-refractivity contribution in [3.63, 3.8) is 0 Å². The zero-order valence-corrected chi connectivity index (χ0v) is 5.67. The van der Waals surface area contributed by atoms with Gasteiger partial charge in [-0.1, -0.05) is 0 Å². The van der Waals surface area contributed by atoms with Gasteiger partial charge in [-0.3, -0.25) is 0 Å². The molecule has 1 nitrogen and oxygen atoms in total. The molecule has 0 spiro atoms. The number of hydrogen-bond acceptors (Lipinski definition) is 1. The maximum absolute atomic E-state index is 3.89. The van der Waals surface area contributed by atoms with Crippen LogP contribution in [0.2, 0.25) is 0 Å². The summed E-state index contributed by atoms with van der Waals surface area (Å²) >= 11 is 1.96. The first kappa shape index (κ1) is 4.98. The Morgan fingerprint density at radius 3 is 2.71 bits per heavy atom. The molecule has 35 valence electrons. The van der Waals surface area contributed by atoms with E-state index in [1.165, 1.54) is 3.95 Å². The van der Waals surface area contributed by atoms with Crippen molar-refractivity contribution in [3.05, 3.63) is 24.5 Å². The molecule has 0 aliphatic carbocycles. The van der Waals surface area contributed by atoms with Crippen LogP contribution >= 0.6 is 0 Å². The zero-order valence-electron chi connectivity index (χ0n) is 3.66. The SMILES string of the molecule is [Mo][c]1cccnc1. The average Bonchev–Trinajstić information content (AvgIpc) is 1.69.